The van der Waals surface area contributed by atoms with E-state index in [0.717, 1.165) is 18.6 Å². The highest BCUT2D eigenvalue weighted by Crippen LogP contribution is 2.43. The van der Waals surface area contributed by atoms with E-state index in [0.29, 0.717) is 18.4 Å². The van der Waals surface area contributed by atoms with Gasteiger partial charge in [-0.1, -0.05) is 108 Å². The number of unbranched alkanes of at least 4 members (excludes halogenated alkanes) is 3. The molecular formula is C32H45O. The Morgan fingerprint density at radius 1 is 1.06 bits per heavy atom. The van der Waals surface area contributed by atoms with Gasteiger partial charge in [-0.05, 0) is 72.1 Å². The molecule has 3 rings (SSSR count). The molecular weight excluding hydrogens is 400 g/mol. The van der Waals surface area contributed by atoms with Gasteiger partial charge in [0.1, 0.15) is 12.4 Å². The standard InChI is InChI=1S/C32H45O/c1-5-7-8-15-23-32(3,4)28-21-22-30(29-20-14-10-13-19-27(29)16-6-2)31(24-28)33-25-26-17-11-9-12-18-26/h6,9,11-12,14,17-18,21-22,24,27,29H,2,5,7-8,10,13,15-16,19-20,23,25H2,1,3-4H3. The normalized spacial score (nSPS) is 19.1. The van der Waals surface area contributed by atoms with E-state index in [1.165, 1.54) is 68.1 Å². The van der Waals surface area contributed by atoms with Crippen LogP contribution in [0.15, 0.2) is 61.2 Å². The third-order valence-electron chi connectivity index (χ3n) is 7.53. The first-order valence-corrected chi connectivity index (χ1v) is 13.3. The van der Waals surface area contributed by atoms with Crippen LogP contribution in [0.2, 0.25) is 0 Å². The van der Waals surface area contributed by atoms with Crippen molar-refractivity contribution in [2.75, 3.05) is 0 Å². The average Bonchev–Trinajstić information content (AvgIpc) is 3.07. The summed E-state index contributed by atoms with van der Waals surface area (Å²) in [4.78, 5) is 0. The minimum absolute atomic E-state index is 0.160. The molecule has 0 N–H and O–H groups in total. The smallest absolute Gasteiger partial charge is 0.123 e. The predicted octanol–water partition coefficient (Wildman–Crippen LogP) is 9.57. The van der Waals surface area contributed by atoms with Crippen LogP contribution >= 0.6 is 0 Å². The maximum atomic E-state index is 6.58. The van der Waals surface area contributed by atoms with Gasteiger partial charge >= 0.3 is 0 Å². The minimum atomic E-state index is 0.160. The van der Waals surface area contributed by atoms with Crippen molar-refractivity contribution in [3.8, 4) is 5.75 Å². The molecule has 179 valence electrons. The lowest BCUT2D eigenvalue weighted by Gasteiger charge is -2.30. The van der Waals surface area contributed by atoms with Crippen LogP contribution in [0.25, 0.3) is 0 Å². The number of hydrogen-bond donors (Lipinski definition) is 0. The van der Waals surface area contributed by atoms with Gasteiger partial charge in [0, 0.05) is 0 Å². The summed E-state index contributed by atoms with van der Waals surface area (Å²) in [6, 6.07) is 17.7. The Kier molecular flexibility index (Phi) is 10.1. The number of hydrogen-bond acceptors (Lipinski definition) is 1. The first kappa shape index (κ1) is 25.6. The number of allylic oxidation sites excluding steroid dienone is 1. The molecule has 0 saturated heterocycles. The lowest BCUT2D eigenvalue weighted by molar-refractivity contribution is 0.293. The van der Waals surface area contributed by atoms with Gasteiger partial charge in [0.05, 0.1) is 0 Å². The largest absolute Gasteiger partial charge is 0.489 e. The van der Waals surface area contributed by atoms with Crippen LogP contribution in [0.5, 0.6) is 5.75 Å². The number of rotatable bonds is 12. The molecule has 1 nitrogen and oxygen atoms in total. The van der Waals surface area contributed by atoms with E-state index in [9.17, 15) is 0 Å². The van der Waals surface area contributed by atoms with Crippen molar-refractivity contribution in [1.82, 2.24) is 0 Å². The molecule has 33 heavy (non-hydrogen) atoms. The Morgan fingerprint density at radius 3 is 2.64 bits per heavy atom. The monoisotopic (exact) mass is 445 g/mol. The third-order valence-corrected chi connectivity index (χ3v) is 7.53. The summed E-state index contributed by atoms with van der Waals surface area (Å²) < 4.78 is 6.58. The lowest BCUT2D eigenvalue weighted by atomic mass is 9.76. The van der Waals surface area contributed by atoms with E-state index >= 15 is 0 Å². The second kappa shape index (κ2) is 13.0. The SMILES string of the molecule is C=CCC1CCC[CH]CC1c1ccc(C(C)(C)CCCCCC)cc1OCc1ccccc1. The second-order valence-corrected chi connectivity index (χ2v) is 10.6. The van der Waals surface area contributed by atoms with Crippen molar-refractivity contribution in [2.45, 2.75) is 103 Å². The molecule has 0 amide bonds. The first-order chi connectivity index (χ1) is 16.0. The molecule has 1 aliphatic rings. The summed E-state index contributed by atoms with van der Waals surface area (Å²) >= 11 is 0. The second-order valence-electron chi connectivity index (χ2n) is 10.6. The van der Waals surface area contributed by atoms with Crippen molar-refractivity contribution in [3.05, 3.63) is 84.3 Å². The molecule has 1 radical (unpaired) electrons. The quantitative estimate of drug-likeness (QED) is 0.179. The fraction of sp³-hybridized carbons (Fsp3) is 0.531. The van der Waals surface area contributed by atoms with Gasteiger partial charge in [0.15, 0.2) is 0 Å². The predicted molar refractivity (Wildman–Crippen MR) is 143 cm³/mol. The maximum Gasteiger partial charge on any atom is 0.123 e. The van der Waals surface area contributed by atoms with Crippen molar-refractivity contribution in [1.29, 1.82) is 0 Å². The average molecular weight is 446 g/mol. The van der Waals surface area contributed by atoms with Gasteiger partial charge in [-0.25, -0.2) is 0 Å². The zero-order chi connectivity index (χ0) is 23.5. The molecule has 2 unspecified atom stereocenters. The van der Waals surface area contributed by atoms with Crippen LogP contribution in [-0.4, -0.2) is 0 Å². The Morgan fingerprint density at radius 2 is 1.88 bits per heavy atom. The van der Waals surface area contributed by atoms with Crippen molar-refractivity contribution in [2.24, 2.45) is 5.92 Å². The topological polar surface area (TPSA) is 9.23 Å². The summed E-state index contributed by atoms with van der Waals surface area (Å²) in [5.74, 6) is 2.25. The number of ether oxygens (including phenoxy) is 1. The molecule has 0 aromatic heterocycles. The Bertz CT molecular complexity index is 835. The molecule has 1 fully saturated rings. The molecule has 1 aliphatic carbocycles. The molecule has 1 saturated carbocycles. The van der Waals surface area contributed by atoms with Crippen LogP contribution in [0.3, 0.4) is 0 Å². The van der Waals surface area contributed by atoms with Crippen LogP contribution < -0.4 is 4.74 Å². The summed E-state index contributed by atoms with van der Waals surface area (Å²) in [6.45, 7) is 11.8. The van der Waals surface area contributed by atoms with Crippen molar-refractivity contribution >= 4 is 0 Å². The van der Waals surface area contributed by atoms with Crippen LogP contribution in [0.1, 0.15) is 108 Å². The molecule has 2 atom stereocenters. The zero-order valence-corrected chi connectivity index (χ0v) is 21.3. The minimum Gasteiger partial charge on any atom is -0.489 e. The molecule has 0 spiro atoms. The van der Waals surface area contributed by atoms with Crippen molar-refractivity contribution < 1.29 is 4.74 Å². The van der Waals surface area contributed by atoms with Gasteiger partial charge in [-0.3, -0.25) is 0 Å². The Balaban J connectivity index is 1.89. The van der Waals surface area contributed by atoms with Gasteiger partial charge in [0.25, 0.3) is 0 Å². The van der Waals surface area contributed by atoms with E-state index in [1.54, 1.807) is 0 Å². The fourth-order valence-electron chi connectivity index (χ4n) is 5.35. The van der Waals surface area contributed by atoms with Gasteiger partial charge in [-0.2, -0.15) is 0 Å². The zero-order valence-electron chi connectivity index (χ0n) is 21.3. The molecule has 2 aromatic carbocycles. The summed E-state index contributed by atoms with van der Waals surface area (Å²) in [5.41, 5.74) is 4.18. The van der Waals surface area contributed by atoms with Crippen LogP contribution in [-0.2, 0) is 12.0 Å². The van der Waals surface area contributed by atoms with Gasteiger partial charge in [0.2, 0.25) is 0 Å². The Hall–Kier alpha value is -2.02. The van der Waals surface area contributed by atoms with E-state index in [-0.39, 0.29) is 5.41 Å². The summed E-state index contributed by atoms with van der Waals surface area (Å²) in [7, 11) is 0. The highest BCUT2D eigenvalue weighted by atomic mass is 16.5. The fourth-order valence-corrected chi connectivity index (χ4v) is 5.35. The third kappa shape index (κ3) is 7.49. The molecule has 0 bridgehead atoms. The summed E-state index contributed by atoms with van der Waals surface area (Å²) in [6.07, 6.45) is 17.1. The van der Waals surface area contributed by atoms with E-state index in [1.807, 2.05) is 0 Å². The van der Waals surface area contributed by atoms with Crippen molar-refractivity contribution in [3.63, 3.8) is 0 Å². The first-order valence-electron chi connectivity index (χ1n) is 13.3. The molecule has 1 heteroatoms. The highest BCUT2D eigenvalue weighted by molar-refractivity contribution is 5.43. The Labute approximate surface area is 203 Å². The highest BCUT2D eigenvalue weighted by Gasteiger charge is 2.29. The summed E-state index contributed by atoms with van der Waals surface area (Å²) in [5, 5.41) is 0. The van der Waals surface area contributed by atoms with E-state index in [2.05, 4.69) is 88.4 Å². The van der Waals surface area contributed by atoms with Crippen LogP contribution in [0.4, 0.5) is 0 Å². The van der Waals surface area contributed by atoms with Gasteiger partial charge < -0.3 is 4.74 Å². The van der Waals surface area contributed by atoms with Crippen LogP contribution in [0, 0.1) is 12.3 Å². The lowest BCUT2D eigenvalue weighted by Crippen LogP contribution is -2.18. The molecule has 0 heterocycles. The van der Waals surface area contributed by atoms with E-state index < -0.39 is 0 Å². The van der Waals surface area contributed by atoms with E-state index in [4.69, 9.17) is 4.74 Å². The van der Waals surface area contributed by atoms with Gasteiger partial charge in [-0.15, -0.1) is 6.58 Å². The maximum absolute atomic E-state index is 6.58. The molecule has 2 aromatic rings. The number of benzene rings is 2. The molecule has 0 aliphatic heterocycles.